The van der Waals surface area contributed by atoms with E-state index in [4.69, 9.17) is 16.3 Å². The number of hydrogen-bond donors (Lipinski definition) is 2. The van der Waals surface area contributed by atoms with Gasteiger partial charge in [0.1, 0.15) is 10.0 Å². The number of nitro benzene ring substituents is 1. The number of ether oxygens (including phenoxy) is 1. The number of aryl methyl sites for hydroxylation is 1. The summed E-state index contributed by atoms with van der Waals surface area (Å²) in [7, 11) is 1.18. The van der Waals surface area contributed by atoms with Gasteiger partial charge in [0.2, 0.25) is 0 Å². The lowest BCUT2D eigenvalue weighted by Gasteiger charge is -2.10. The molecule has 9 nitrogen and oxygen atoms in total. The van der Waals surface area contributed by atoms with Crippen molar-refractivity contribution >= 4 is 57.1 Å². The molecule has 34 heavy (non-hydrogen) atoms. The van der Waals surface area contributed by atoms with Gasteiger partial charge in [0, 0.05) is 17.3 Å². The minimum atomic E-state index is -0.739. The summed E-state index contributed by atoms with van der Waals surface area (Å²) < 4.78 is 4.84. The van der Waals surface area contributed by atoms with Crippen LogP contribution in [-0.4, -0.2) is 29.8 Å². The molecule has 0 aliphatic heterocycles. The Bertz CT molecular complexity index is 1330. The van der Waals surface area contributed by atoms with Gasteiger partial charge >= 0.3 is 5.97 Å². The molecule has 0 saturated carbocycles. The minimum absolute atomic E-state index is 0.0235. The lowest BCUT2D eigenvalue weighted by molar-refractivity contribution is -0.384. The average molecular weight is 502 g/mol. The molecule has 0 unspecified atom stereocenters. The third-order valence-electron chi connectivity index (χ3n) is 5.23. The topological polar surface area (TPSA) is 128 Å². The highest BCUT2D eigenvalue weighted by molar-refractivity contribution is 7.19. The standard InChI is InChI=1S/C23H20ClN3O6S/c1-11-6-5-7-16(12(11)2)25-21(29)19-13(3)18(23(30)33-4)22(34-19)26-20(28)14-8-9-15(24)17(10-14)27(31)32/h5-10H,1-4H3,(H,25,29)(H,26,28). The van der Waals surface area contributed by atoms with Crippen molar-refractivity contribution in [3.05, 3.63) is 84.2 Å². The summed E-state index contributed by atoms with van der Waals surface area (Å²) in [6.45, 7) is 5.37. The number of benzene rings is 2. The molecule has 2 aromatic carbocycles. The molecule has 2 amide bonds. The fourth-order valence-electron chi connectivity index (χ4n) is 3.20. The summed E-state index contributed by atoms with van der Waals surface area (Å²) in [6, 6.07) is 9.09. The second-order valence-corrected chi connectivity index (χ2v) is 8.76. The van der Waals surface area contributed by atoms with E-state index in [1.807, 2.05) is 26.0 Å². The largest absolute Gasteiger partial charge is 0.465 e. The van der Waals surface area contributed by atoms with Crippen LogP contribution in [0.1, 0.15) is 47.1 Å². The fraction of sp³-hybridized carbons (Fsp3) is 0.174. The number of carbonyl (C=O) groups excluding carboxylic acids is 3. The van der Waals surface area contributed by atoms with Gasteiger partial charge in [-0.2, -0.15) is 0 Å². The van der Waals surface area contributed by atoms with Crippen LogP contribution in [0.4, 0.5) is 16.4 Å². The molecule has 1 aromatic heterocycles. The Morgan fingerprint density at radius 3 is 2.38 bits per heavy atom. The molecule has 11 heteroatoms. The first-order valence-corrected chi connectivity index (χ1v) is 11.1. The first kappa shape index (κ1) is 24.9. The number of anilines is 2. The van der Waals surface area contributed by atoms with E-state index in [0.29, 0.717) is 11.3 Å². The van der Waals surface area contributed by atoms with Gasteiger partial charge in [-0.25, -0.2) is 4.79 Å². The highest BCUT2D eigenvalue weighted by atomic mass is 35.5. The molecule has 3 aromatic rings. The maximum atomic E-state index is 13.0. The summed E-state index contributed by atoms with van der Waals surface area (Å²) in [5.74, 6) is -1.91. The summed E-state index contributed by atoms with van der Waals surface area (Å²) >= 11 is 6.71. The van der Waals surface area contributed by atoms with Crippen LogP contribution in [0.25, 0.3) is 0 Å². The van der Waals surface area contributed by atoms with Gasteiger partial charge in [-0.15, -0.1) is 11.3 Å². The molecule has 2 N–H and O–H groups in total. The monoisotopic (exact) mass is 501 g/mol. The van der Waals surface area contributed by atoms with Gasteiger partial charge in [0.25, 0.3) is 17.5 Å². The van der Waals surface area contributed by atoms with Crippen molar-refractivity contribution in [2.45, 2.75) is 20.8 Å². The van der Waals surface area contributed by atoms with Crippen molar-refractivity contribution in [2.75, 3.05) is 17.7 Å². The van der Waals surface area contributed by atoms with Crippen LogP contribution >= 0.6 is 22.9 Å². The molecule has 3 rings (SSSR count). The zero-order valence-electron chi connectivity index (χ0n) is 18.6. The zero-order chi connectivity index (χ0) is 25.2. The van der Waals surface area contributed by atoms with Crippen LogP contribution in [0, 0.1) is 30.9 Å². The van der Waals surface area contributed by atoms with E-state index in [0.717, 1.165) is 28.5 Å². The van der Waals surface area contributed by atoms with Crippen LogP contribution in [0.5, 0.6) is 0 Å². The molecule has 176 valence electrons. The van der Waals surface area contributed by atoms with Crippen LogP contribution < -0.4 is 10.6 Å². The second-order valence-electron chi connectivity index (χ2n) is 7.33. The Balaban J connectivity index is 1.97. The first-order valence-electron chi connectivity index (χ1n) is 9.89. The number of nitrogens with one attached hydrogen (secondary N) is 2. The SMILES string of the molecule is COC(=O)c1c(NC(=O)c2ccc(Cl)c([N+](=O)[O-])c2)sc(C(=O)Nc2cccc(C)c2C)c1C. The first-order chi connectivity index (χ1) is 16.0. The molecular weight excluding hydrogens is 482 g/mol. The molecule has 0 saturated heterocycles. The zero-order valence-corrected chi connectivity index (χ0v) is 20.2. The molecule has 0 bridgehead atoms. The normalized spacial score (nSPS) is 10.5. The molecule has 1 heterocycles. The Kier molecular flexibility index (Phi) is 7.33. The van der Waals surface area contributed by atoms with E-state index in [-0.39, 0.29) is 26.0 Å². The van der Waals surface area contributed by atoms with E-state index in [1.165, 1.54) is 19.2 Å². The van der Waals surface area contributed by atoms with E-state index in [2.05, 4.69) is 10.6 Å². The van der Waals surface area contributed by atoms with E-state index in [9.17, 15) is 24.5 Å². The van der Waals surface area contributed by atoms with Crippen molar-refractivity contribution in [3.63, 3.8) is 0 Å². The van der Waals surface area contributed by atoms with Crippen LogP contribution in [0.15, 0.2) is 36.4 Å². The highest BCUT2D eigenvalue weighted by Gasteiger charge is 2.27. The Labute approximate surface area is 203 Å². The van der Waals surface area contributed by atoms with Crippen LogP contribution in [-0.2, 0) is 4.74 Å². The molecule has 0 spiro atoms. The van der Waals surface area contributed by atoms with Crippen molar-refractivity contribution in [2.24, 2.45) is 0 Å². The number of esters is 1. The summed E-state index contributed by atoms with van der Waals surface area (Å²) in [6.07, 6.45) is 0. The van der Waals surface area contributed by atoms with Crippen LogP contribution in [0.3, 0.4) is 0 Å². The number of carbonyl (C=O) groups is 3. The number of nitro groups is 1. The summed E-state index contributed by atoms with van der Waals surface area (Å²) in [5, 5.41) is 16.5. The van der Waals surface area contributed by atoms with Crippen molar-refractivity contribution in [1.82, 2.24) is 0 Å². The maximum absolute atomic E-state index is 13.0. The second kappa shape index (κ2) is 10.0. The summed E-state index contributed by atoms with van der Waals surface area (Å²) in [5.41, 5.74) is 2.40. The van der Waals surface area contributed by atoms with E-state index >= 15 is 0 Å². The number of amides is 2. The molecule has 0 atom stereocenters. The Morgan fingerprint density at radius 1 is 1.03 bits per heavy atom. The molecule has 0 fully saturated rings. The van der Waals surface area contributed by atoms with E-state index < -0.39 is 28.4 Å². The van der Waals surface area contributed by atoms with Crippen molar-refractivity contribution < 1.29 is 24.0 Å². The van der Waals surface area contributed by atoms with Crippen molar-refractivity contribution in [3.8, 4) is 0 Å². The van der Waals surface area contributed by atoms with Gasteiger partial charge in [0.15, 0.2) is 0 Å². The molecule has 0 radical (unpaired) electrons. The van der Waals surface area contributed by atoms with Crippen molar-refractivity contribution in [1.29, 1.82) is 0 Å². The number of thiophene rings is 1. The lowest BCUT2D eigenvalue weighted by atomic mass is 10.1. The average Bonchev–Trinajstić information content (AvgIpc) is 3.12. The number of hydrogen-bond acceptors (Lipinski definition) is 7. The number of nitrogens with zero attached hydrogens (tertiary/aromatic N) is 1. The smallest absolute Gasteiger partial charge is 0.341 e. The Hall–Kier alpha value is -3.76. The third-order valence-corrected chi connectivity index (χ3v) is 6.75. The number of rotatable bonds is 6. The number of methoxy groups -OCH3 is 1. The predicted octanol–water partition coefficient (Wildman–Crippen LogP) is 5.53. The number of halogens is 1. The van der Waals surface area contributed by atoms with Gasteiger partial charge in [0.05, 0.1) is 22.5 Å². The molecule has 0 aliphatic carbocycles. The van der Waals surface area contributed by atoms with Gasteiger partial charge in [-0.05, 0) is 55.7 Å². The molecular formula is C23H20ClN3O6S. The Morgan fingerprint density at radius 2 is 1.74 bits per heavy atom. The van der Waals surface area contributed by atoms with Gasteiger partial charge < -0.3 is 15.4 Å². The maximum Gasteiger partial charge on any atom is 0.341 e. The minimum Gasteiger partial charge on any atom is -0.465 e. The van der Waals surface area contributed by atoms with Gasteiger partial charge in [-0.3, -0.25) is 19.7 Å². The predicted molar refractivity (Wildman–Crippen MR) is 130 cm³/mol. The highest BCUT2D eigenvalue weighted by Crippen LogP contribution is 2.35. The third kappa shape index (κ3) is 4.92. The molecule has 0 aliphatic rings. The quantitative estimate of drug-likeness (QED) is 0.260. The lowest BCUT2D eigenvalue weighted by Crippen LogP contribution is -2.15. The van der Waals surface area contributed by atoms with Crippen LogP contribution in [0.2, 0.25) is 5.02 Å². The fourth-order valence-corrected chi connectivity index (χ4v) is 4.47. The van der Waals surface area contributed by atoms with E-state index in [1.54, 1.807) is 13.0 Å². The van der Waals surface area contributed by atoms with Gasteiger partial charge in [-0.1, -0.05) is 23.7 Å². The summed E-state index contributed by atoms with van der Waals surface area (Å²) in [4.78, 5) is 48.9.